The van der Waals surface area contributed by atoms with Crippen molar-refractivity contribution in [2.45, 2.75) is 24.8 Å². The fourth-order valence-corrected chi connectivity index (χ4v) is 1.94. The van der Waals surface area contributed by atoms with E-state index in [4.69, 9.17) is 8.92 Å². The van der Waals surface area contributed by atoms with Gasteiger partial charge in [0, 0.05) is 7.11 Å². The summed E-state index contributed by atoms with van der Waals surface area (Å²) in [6.07, 6.45) is -0.169. The van der Waals surface area contributed by atoms with Gasteiger partial charge in [0.1, 0.15) is 0 Å². The first-order chi connectivity index (χ1) is 7.13. The molecule has 0 heterocycles. The van der Waals surface area contributed by atoms with Crippen LogP contribution in [-0.2, 0) is 20.0 Å². The van der Waals surface area contributed by atoms with Gasteiger partial charge in [-0.15, -0.1) is 0 Å². The number of hydrogen-bond acceptors (Lipinski definition) is 3. The van der Waals surface area contributed by atoms with E-state index in [0.717, 1.165) is 5.56 Å². The molecule has 0 N–H and O–H groups in total. The van der Waals surface area contributed by atoms with E-state index in [1.165, 1.54) is 0 Å². The number of aryl methyl sites for hydroxylation is 1. The third-order valence-corrected chi connectivity index (χ3v) is 3.03. The lowest BCUT2D eigenvalue weighted by Gasteiger charge is -2.10. The first-order valence-electron chi connectivity index (χ1n) is 4.78. The molecule has 0 aliphatic rings. The smallest absolute Gasteiger partial charge is 0.189 e. The van der Waals surface area contributed by atoms with Gasteiger partial charge in [0.2, 0.25) is 0 Å². The molecule has 0 radical (unpaired) electrons. The van der Waals surface area contributed by atoms with Crippen LogP contribution in [0.25, 0.3) is 0 Å². The Morgan fingerprint density at radius 2 is 1.93 bits per heavy atom. The zero-order valence-corrected chi connectivity index (χ0v) is 10.0. The van der Waals surface area contributed by atoms with E-state index in [1.807, 2.05) is 38.1 Å². The second-order valence-electron chi connectivity index (χ2n) is 3.41. The Bertz CT molecular complexity index is 321. The zero-order valence-electron chi connectivity index (χ0n) is 9.23. The second-order valence-corrected chi connectivity index (χ2v) is 4.54. The van der Waals surface area contributed by atoms with Gasteiger partial charge < -0.3 is 4.74 Å². The summed E-state index contributed by atoms with van der Waals surface area (Å²) >= 11 is -1.40. The van der Waals surface area contributed by atoms with Gasteiger partial charge in [-0.25, -0.2) is 4.21 Å². The second kappa shape index (κ2) is 6.00. The molecule has 1 rings (SSSR count). The molecule has 1 aromatic rings. The Kier molecular flexibility index (Phi) is 4.94. The third-order valence-electron chi connectivity index (χ3n) is 1.87. The lowest BCUT2D eigenvalue weighted by molar-refractivity contribution is 0.101. The Hall–Kier alpha value is -0.710. The van der Waals surface area contributed by atoms with Crippen LogP contribution in [0.3, 0.4) is 0 Å². The number of ether oxygens (including phenoxy) is 1. The molecule has 2 atom stereocenters. The minimum absolute atomic E-state index is 0.169. The summed E-state index contributed by atoms with van der Waals surface area (Å²) in [4.78, 5) is 0.684. The highest BCUT2D eigenvalue weighted by Gasteiger charge is 2.09. The Morgan fingerprint density at radius 3 is 2.47 bits per heavy atom. The van der Waals surface area contributed by atoms with E-state index in [0.29, 0.717) is 11.5 Å². The molecule has 0 fully saturated rings. The molecule has 0 aromatic heterocycles. The number of methoxy groups -OCH3 is 1. The fourth-order valence-electron chi connectivity index (χ4n) is 1.12. The van der Waals surface area contributed by atoms with Crippen LogP contribution in [-0.4, -0.2) is 24.0 Å². The van der Waals surface area contributed by atoms with E-state index in [1.54, 1.807) is 7.11 Å². The van der Waals surface area contributed by atoms with Crippen molar-refractivity contribution in [2.24, 2.45) is 0 Å². The summed E-state index contributed by atoms with van der Waals surface area (Å²) in [5.41, 5.74) is 1.14. The molecule has 0 bridgehead atoms. The van der Waals surface area contributed by atoms with Crippen molar-refractivity contribution in [3.05, 3.63) is 29.8 Å². The largest absolute Gasteiger partial charge is 0.382 e. The van der Waals surface area contributed by atoms with Gasteiger partial charge >= 0.3 is 0 Å². The van der Waals surface area contributed by atoms with Crippen LogP contribution in [0, 0.1) is 6.92 Å². The van der Waals surface area contributed by atoms with Crippen molar-refractivity contribution < 1.29 is 13.1 Å². The topological polar surface area (TPSA) is 35.5 Å². The Labute approximate surface area is 93.1 Å². The summed E-state index contributed by atoms with van der Waals surface area (Å²) in [6, 6.07) is 7.45. The Morgan fingerprint density at radius 1 is 1.33 bits per heavy atom. The predicted molar refractivity (Wildman–Crippen MR) is 60.0 cm³/mol. The maximum atomic E-state index is 11.7. The standard InChI is InChI=1S/C11H16O3S/c1-9-4-6-11(7-5-9)15(12)14-10(2)8-13-3/h4-7,10H,8H2,1-3H3. The fraction of sp³-hybridized carbons (Fsp3) is 0.455. The summed E-state index contributed by atoms with van der Waals surface area (Å²) in [6.45, 7) is 4.26. The van der Waals surface area contributed by atoms with Crippen LogP contribution < -0.4 is 0 Å². The van der Waals surface area contributed by atoms with Gasteiger partial charge in [-0.05, 0) is 26.0 Å². The minimum Gasteiger partial charge on any atom is -0.382 e. The van der Waals surface area contributed by atoms with Crippen molar-refractivity contribution in [1.82, 2.24) is 0 Å². The molecule has 0 aliphatic carbocycles. The van der Waals surface area contributed by atoms with E-state index in [9.17, 15) is 4.21 Å². The zero-order chi connectivity index (χ0) is 11.3. The summed E-state index contributed by atoms with van der Waals surface area (Å²) in [7, 11) is 1.59. The minimum atomic E-state index is -1.40. The molecule has 15 heavy (non-hydrogen) atoms. The monoisotopic (exact) mass is 228 g/mol. The van der Waals surface area contributed by atoms with Gasteiger partial charge in [0.05, 0.1) is 17.6 Å². The SMILES string of the molecule is COCC(C)OS(=O)c1ccc(C)cc1. The van der Waals surface area contributed by atoms with Crippen molar-refractivity contribution >= 4 is 11.1 Å². The number of rotatable bonds is 5. The predicted octanol–water partition coefficient (Wildman–Crippen LogP) is 2.07. The molecule has 0 saturated heterocycles. The summed E-state index contributed by atoms with van der Waals surface area (Å²) in [5.74, 6) is 0. The molecule has 2 unspecified atom stereocenters. The maximum Gasteiger partial charge on any atom is 0.189 e. The Balaban J connectivity index is 2.57. The average Bonchev–Trinajstić information content (AvgIpc) is 2.18. The molecule has 4 heteroatoms. The van der Waals surface area contributed by atoms with Crippen LogP contribution in [0.4, 0.5) is 0 Å². The van der Waals surface area contributed by atoms with Gasteiger partial charge in [-0.1, -0.05) is 17.7 Å². The molecular weight excluding hydrogens is 212 g/mol. The maximum absolute atomic E-state index is 11.7. The van der Waals surface area contributed by atoms with E-state index >= 15 is 0 Å². The molecule has 3 nitrogen and oxygen atoms in total. The normalized spacial score (nSPS) is 14.9. The summed E-state index contributed by atoms with van der Waals surface area (Å²) in [5, 5.41) is 0. The van der Waals surface area contributed by atoms with Crippen molar-refractivity contribution in [1.29, 1.82) is 0 Å². The van der Waals surface area contributed by atoms with E-state index in [-0.39, 0.29) is 6.10 Å². The third kappa shape index (κ3) is 4.11. The molecule has 1 aromatic carbocycles. The molecular formula is C11H16O3S. The quantitative estimate of drug-likeness (QED) is 0.774. The van der Waals surface area contributed by atoms with Crippen molar-refractivity contribution in [2.75, 3.05) is 13.7 Å². The van der Waals surface area contributed by atoms with Crippen LogP contribution in [0.15, 0.2) is 29.2 Å². The van der Waals surface area contributed by atoms with Gasteiger partial charge in [-0.2, -0.15) is 0 Å². The first-order valence-corrected chi connectivity index (χ1v) is 5.85. The van der Waals surface area contributed by atoms with Crippen LogP contribution in [0.5, 0.6) is 0 Å². The number of benzene rings is 1. The van der Waals surface area contributed by atoms with Gasteiger partial charge in [-0.3, -0.25) is 4.18 Å². The lowest BCUT2D eigenvalue weighted by Crippen LogP contribution is -2.16. The van der Waals surface area contributed by atoms with Crippen molar-refractivity contribution in [3.8, 4) is 0 Å². The highest BCUT2D eigenvalue weighted by atomic mass is 32.2. The summed E-state index contributed by atoms with van der Waals surface area (Å²) < 4.78 is 21.8. The van der Waals surface area contributed by atoms with E-state index < -0.39 is 11.1 Å². The van der Waals surface area contributed by atoms with Gasteiger partial charge in [0.25, 0.3) is 0 Å². The molecule has 0 aliphatic heterocycles. The van der Waals surface area contributed by atoms with E-state index in [2.05, 4.69) is 0 Å². The van der Waals surface area contributed by atoms with Gasteiger partial charge in [0.15, 0.2) is 11.1 Å². The molecule has 84 valence electrons. The number of hydrogen-bond donors (Lipinski definition) is 0. The highest BCUT2D eigenvalue weighted by Crippen LogP contribution is 2.11. The van der Waals surface area contributed by atoms with Crippen LogP contribution in [0.2, 0.25) is 0 Å². The molecule has 0 amide bonds. The average molecular weight is 228 g/mol. The first kappa shape index (κ1) is 12.4. The molecule has 0 saturated carbocycles. The lowest BCUT2D eigenvalue weighted by atomic mass is 10.2. The van der Waals surface area contributed by atoms with Crippen molar-refractivity contribution in [3.63, 3.8) is 0 Å². The van der Waals surface area contributed by atoms with Crippen LogP contribution >= 0.6 is 0 Å². The highest BCUT2D eigenvalue weighted by molar-refractivity contribution is 7.80. The molecule has 0 spiro atoms. The van der Waals surface area contributed by atoms with Crippen LogP contribution in [0.1, 0.15) is 12.5 Å².